The van der Waals surface area contributed by atoms with E-state index in [1.807, 2.05) is 0 Å². The maximum atomic E-state index is 12.1. The normalized spacial score (nSPS) is 26.3. The number of nitrogens with one attached hydrogen (secondary N) is 1. The molecule has 1 saturated carbocycles. The summed E-state index contributed by atoms with van der Waals surface area (Å²) in [6, 6.07) is -1.14. The van der Waals surface area contributed by atoms with Crippen LogP contribution in [0.25, 0.3) is 0 Å². The number of amides is 2. The Morgan fingerprint density at radius 1 is 1.16 bits per heavy atom. The quantitative estimate of drug-likeness (QED) is 0.798. The van der Waals surface area contributed by atoms with Gasteiger partial charge in [0.05, 0.1) is 19.0 Å². The number of halogens is 3. The molecule has 1 N–H and O–H groups in total. The molecule has 108 valence electrons. The molecule has 1 heterocycles. The van der Waals surface area contributed by atoms with Crippen LogP contribution in [-0.2, 0) is 9.59 Å². The second-order valence-electron chi connectivity index (χ2n) is 5.15. The smallest absolute Gasteiger partial charge is 0.297 e. The zero-order valence-electron chi connectivity index (χ0n) is 10.5. The van der Waals surface area contributed by atoms with Crippen molar-refractivity contribution in [3.8, 4) is 0 Å². The van der Waals surface area contributed by atoms with Gasteiger partial charge in [0.1, 0.15) is 0 Å². The Labute approximate surface area is 109 Å². The van der Waals surface area contributed by atoms with Crippen LogP contribution in [0.4, 0.5) is 13.2 Å². The monoisotopic (exact) mass is 278 g/mol. The molecule has 2 amide bonds. The molecule has 0 aromatic heterocycles. The van der Waals surface area contributed by atoms with Gasteiger partial charge in [0.15, 0.2) is 0 Å². The van der Waals surface area contributed by atoms with E-state index in [0.29, 0.717) is 0 Å². The van der Waals surface area contributed by atoms with Crippen molar-refractivity contribution in [2.24, 2.45) is 0 Å². The molecule has 1 aliphatic carbocycles. The largest absolute Gasteiger partial charge is 0.401 e. The van der Waals surface area contributed by atoms with Crippen LogP contribution in [0, 0.1) is 0 Å². The topological polar surface area (TPSA) is 49.4 Å². The zero-order valence-corrected chi connectivity index (χ0v) is 10.5. The van der Waals surface area contributed by atoms with Gasteiger partial charge in [0, 0.05) is 6.04 Å². The summed E-state index contributed by atoms with van der Waals surface area (Å²) in [4.78, 5) is 25.0. The molecule has 1 unspecified atom stereocenters. The highest BCUT2D eigenvalue weighted by molar-refractivity contribution is 6.05. The third-order valence-corrected chi connectivity index (χ3v) is 3.67. The highest BCUT2D eigenvalue weighted by Crippen LogP contribution is 2.27. The fourth-order valence-corrected chi connectivity index (χ4v) is 2.77. The van der Waals surface area contributed by atoms with E-state index in [4.69, 9.17) is 0 Å². The van der Waals surface area contributed by atoms with E-state index in [1.165, 1.54) is 4.90 Å². The second kappa shape index (κ2) is 5.48. The maximum Gasteiger partial charge on any atom is 0.401 e. The summed E-state index contributed by atoms with van der Waals surface area (Å²) in [6.07, 6.45) is 0.00710. The van der Waals surface area contributed by atoms with Crippen LogP contribution < -0.4 is 5.32 Å². The number of hydrogen-bond acceptors (Lipinski definition) is 3. The number of imide groups is 1. The lowest BCUT2D eigenvalue weighted by atomic mass is 9.94. The predicted molar refractivity (Wildman–Crippen MR) is 61.2 cm³/mol. The summed E-state index contributed by atoms with van der Waals surface area (Å²) in [5, 5.41) is 2.13. The van der Waals surface area contributed by atoms with Crippen molar-refractivity contribution in [1.29, 1.82) is 0 Å². The third-order valence-electron chi connectivity index (χ3n) is 3.67. The van der Waals surface area contributed by atoms with Crippen molar-refractivity contribution in [2.45, 2.75) is 56.8 Å². The molecule has 0 bridgehead atoms. The van der Waals surface area contributed by atoms with E-state index >= 15 is 0 Å². The lowest BCUT2D eigenvalue weighted by Gasteiger charge is -2.29. The molecule has 0 spiro atoms. The number of hydrogen-bond donors (Lipinski definition) is 1. The van der Waals surface area contributed by atoms with Crippen molar-refractivity contribution in [3.63, 3.8) is 0 Å². The Kier molecular flexibility index (Phi) is 4.13. The van der Waals surface area contributed by atoms with E-state index in [0.717, 1.165) is 32.1 Å². The molecule has 0 aromatic rings. The molecule has 0 radical (unpaired) electrons. The molecular weight excluding hydrogens is 261 g/mol. The van der Waals surface area contributed by atoms with Crippen LogP contribution in [0.2, 0.25) is 0 Å². The molecule has 19 heavy (non-hydrogen) atoms. The number of carbonyl (C=O) groups is 2. The van der Waals surface area contributed by atoms with Crippen molar-refractivity contribution < 1.29 is 22.8 Å². The van der Waals surface area contributed by atoms with Gasteiger partial charge in [0.25, 0.3) is 0 Å². The average Bonchev–Trinajstić information content (AvgIpc) is 2.62. The third kappa shape index (κ3) is 3.46. The van der Waals surface area contributed by atoms with Gasteiger partial charge in [-0.15, -0.1) is 0 Å². The standard InChI is InChI=1S/C12H17F3N2O2/c13-12(14,15)7-16-9-6-10(18)17(11(9)19)8-4-2-1-3-5-8/h8-9,16H,1-7H2. The fourth-order valence-electron chi connectivity index (χ4n) is 2.77. The van der Waals surface area contributed by atoms with Gasteiger partial charge in [-0.1, -0.05) is 19.3 Å². The van der Waals surface area contributed by atoms with Gasteiger partial charge < -0.3 is 0 Å². The maximum absolute atomic E-state index is 12.1. The summed E-state index contributed by atoms with van der Waals surface area (Å²) in [5.41, 5.74) is 0. The molecule has 2 rings (SSSR count). The molecular formula is C12H17F3N2O2. The van der Waals surface area contributed by atoms with Crippen LogP contribution in [0.3, 0.4) is 0 Å². The fraction of sp³-hybridized carbons (Fsp3) is 0.833. The molecule has 1 aliphatic heterocycles. The van der Waals surface area contributed by atoms with Crippen LogP contribution in [0.15, 0.2) is 0 Å². The summed E-state index contributed by atoms with van der Waals surface area (Å²) in [6.45, 7) is -1.24. The summed E-state index contributed by atoms with van der Waals surface area (Å²) in [7, 11) is 0. The van der Waals surface area contributed by atoms with Crippen LogP contribution in [0.1, 0.15) is 38.5 Å². The molecule has 1 saturated heterocycles. The Bertz CT molecular complexity index is 364. The minimum absolute atomic E-state index is 0.119. The van der Waals surface area contributed by atoms with E-state index < -0.39 is 24.7 Å². The second-order valence-corrected chi connectivity index (χ2v) is 5.15. The highest BCUT2D eigenvalue weighted by atomic mass is 19.4. The van der Waals surface area contributed by atoms with Crippen LogP contribution in [-0.4, -0.2) is 41.5 Å². The SMILES string of the molecule is O=C1CC(NCC(F)(F)F)C(=O)N1C1CCCCC1. The summed E-state index contributed by atoms with van der Waals surface area (Å²) >= 11 is 0. The van der Waals surface area contributed by atoms with Gasteiger partial charge in [-0.3, -0.25) is 19.8 Å². The van der Waals surface area contributed by atoms with Crippen LogP contribution >= 0.6 is 0 Å². The number of alkyl halides is 3. The molecule has 4 nitrogen and oxygen atoms in total. The summed E-state index contributed by atoms with van der Waals surface area (Å²) in [5.74, 6) is -0.849. The van der Waals surface area contributed by atoms with Crippen molar-refractivity contribution >= 4 is 11.8 Å². The lowest BCUT2D eigenvalue weighted by Crippen LogP contribution is -2.46. The Balaban J connectivity index is 1.95. The Morgan fingerprint density at radius 3 is 2.37 bits per heavy atom. The zero-order chi connectivity index (χ0) is 14.0. The number of nitrogens with zero attached hydrogens (tertiary/aromatic N) is 1. The molecule has 1 atom stereocenters. The lowest BCUT2D eigenvalue weighted by molar-refractivity contribution is -0.142. The minimum atomic E-state index is -4.37. The molecule has 7 heteroatoms. The Hall–Kier alpha value is -1.11. The first-order valence-electron chi connectivity index (χ1n) is 6.54. The number of rotatable bonds is 3. The molecule has 0 aromatic carbocycles. The highest BCUT2D eigenvalue weighted by Gasteiger charge is 2.43. The molecule has 2 aliphatic rings. The average molecular weight is 278 g/mol. The number of likely N-dealkylation sites (tertiary alicyclic amines) is 1. The van der Waals surface area contributed by atoms with Gasteiger partial charge in [0.2, 0.25) is 11.8 Å². The summed E-state index contributed by atoms with van der Waals surface area (Å²) < 4.78 is 36.3. The van der Waals surface area contributed by atoms with E-state index in [1.54, 1.807) is 0 Å². The van der Waals surface area contributed by atoms with Crippen molar-refractivity contribution in [3.05, 3.63) is 0 Å². The first-order chi connectivity index (χ1) is 8.88. The van der Waals surface area contributed by atoms with Gasteiger partial charge >= 0.3 is 6.18 Å². The predicted octanol–water partition coefficient (Wildman–Crippen LogP) is 1.60. The van der Waals surface area contributed by atoms with Crippen molar-refractivity contribution in [1.82, 2.24) is 10.2 Å². The van der Waals surface area contributed by atoms with E-state index in [-0.39, 0.29) is 18.4 Å². The molecule has 2 fully saturated rings. The first kappa shape index (κ1) is 14.3. The van der Waals surface area contributed by atoms with Crippen LogP contribution in [0.5, 0.6) is 0 Å². The Morgan fingerprint density at radius 2 is 1.79 bits per heavy atom. The van der Waals surface area contributed by atoms with E-state index in [2.05, 4.69) is 5.32 Å². The number of carbonyl (C=O) groups excluding carboxylic acids is 2. The van der Waals surface area contributed by atoms with Crippen molar-refractivity contribution in [2.75, 3.05) is 6.54 Å². The first-order valence-corrected chi connectivity index (χ1v) is 6.54. The van der Waals surface area contributed by atoms with E-state index in [9.17, 15) is 22.8 Å². The minimum Gasteiger partial charge on any atom is -0.297 e. The van der Waals surface area contributed by atoms with Gasteiger partial charge in [-0.05, 0) is 12.8 Å². The van der Waals surface area contributed by atoms with Gasteiger partial charge in [-0.25, -0.2) is 0 Å². The van der Waals surface area contributed by atoms with Gasteiger partial charge in [-0.2, -0.15) is 13.2 Å².